The average Bonchev–Trinajstić information content (AvgIpc) is 2.32. The minimum absolute atomic E-state index is 0.106. The van der Waals surface area contributed by atoms with Crippen molar-refractivity contribution in [1.29, 1.82) is 0 Å². The van der Waals surface area contributed by atoms with Gasteiger partial charge < -0.3 is 10.8 Å². The highest BCUT2D eigenvalue weighted by Gasteiger charge is 2.03. The summed E-state index contributed by atoms with van der Waals surface area (Å²) in [6.07, 6.45) is 1.71. The highest BCUT2D eigenvalue weighted by Crippen LogP contribution is 2.29. The van der Waals surface area contributed by atoms with Gasteiger partial charge in [-0.3, -0.25) is 0 Å². The molecule has 88 valence electrons. The molecule has 2 rings (SSSR count). The van der Waals surface area contributed by atoms with Crippen LogP contribution in [0.25, 0.3) is 0 Å². The molecule has 0 spiro atoms. The maximum Gasteiger partial charge on any atom is 0.138 e. The molecule has 5 heteroatoms. The summed E-state index contributed by atoms with van der Waals surface area (Å²) in [5, 5.41) is 10.7. The topological polar surface area (TPSA) is 59.1 Å². The van der Waals surface area contributed by atoms with Crippen molar-refractivity contribution < 1.29 is 5.11 Å². The largest absolute Gasteiger partial charge is 0.506 e. The molecular weight excluding hydrogens is 256 g/mol. The number of aromatic nitrogens is 1. The zero-order valence-electron chi connectivity index (χ0n) is 8.93. The number of nitrogen functional groups attached to an aromatic ring is 1. The number of hydrogen-bond acceptors (Lipinski definition) is 4. The number of halogens is 1. The molecule has 0 aliphatic rings. The predicted molar refractivity (Wildman–Crippen MR) is 71.3 cm³/mol. The van der Waals surface area contributed by atoms with Gasteiger partial charge in [0.15, 0.2) is 0 Å². The smallest absolute Gasteiger partial charge is 0.138 e. The van der Waals surface area contributed by atoms with Gasteiger partial charge in [-0.05, 0) is 29.8 Å². The van der Waals surface area contributed by atoms with E-state index >= 15 is 0 Å². The van der Waals surface area contributed by atoms with Crippen LogP contribution in [0.2, 0.25) is 5.02 Å². The Labute approximate surface area is 109 Å². The number of phenolic OH excluding ortho intramolecular Hbond substituents is 1. The van der Waals surface area contributed by atoms with Crippen molar-refractivity contribution in [2.75, 3.05) is 5.73 Å². The Bertz CT molecular complexity index is 534. The summed E-state index contributed by atoms with van der Waals surface area (Å²) in [5.41, 5.74) is 7.02. The third-order valence-electron chi connectivity index (χ3n) is 2.19. The van der Waals surface area contributed by atoms with E-state index in [9.17, 15) is 5.11 Å². The van der Waals surface area contributed by atoms with Crippen LogP contribution in [0.4, 0.5) is 5.69 Å². The Morgan fingerprint density at radius 2 is 2.18 bits per heavy atom. The summed E-state index contributed by atoms with van der Waals surface area (Å²) in [4.78, 5) is 4.18. The summed E-state index contributed by atoms with van der Waals surface area (Å²) in [5.74, 6) is 0.816. The number of hydrogen-bond donors (Lipinski definition) is 2. The van der Waals surface area contributed by atoms with Crippen LogP contribution >= 0.6 is 23.4 Å². The molecule has 3 N–H and O–H groups in total. The summed E-state index contributed by atoms with van der Waals surface area (Å²) < 4.78 is 0. The van der Waals surface area contributed by atoms with E-state index in [1.165, 1.54) is 11.8 Å². The van der Waals surface area contributed by atoms with E-state index in [0.29, 0.717) is 16.5 Å². The van der Waals surface area contributed by atoms with E-state index in [1.54, 1.807) is 24.4 Å². The molecule has 0 atom stereocenters. The first-order chi connectivity index (χ1) is 8.16. The van der Waals surface area contributed by atoms with Crippen LogP contribution in [0, 0.1) is 0 Å². The molecule has 0 unspecified atom stereocenters. The maximum atomic E-state index is 9.31. The van der Waals surface area contributed by atoms with Crippen LogP contribution in [-0.2, 0) is 5.75 Å². The van der Waals surface area contributed by atoms with Crippen molar-refractivity contribution >= 4 is 29.1 Å². The van der Waals surface area contributed by atoms with Crippen LogP contribution in [0.5, 0.6) is 5.75 Å². The summed E-state index contributed by atoms with van der Waals surface area (Å²) in [6.45, 7) is 0. The number of rotatable bonds is 3. The fourth-order valence-electron chi connectivity index (χ4n) is 1.32. The van der Waals surface area contributed by atoms with Gasteiger partial charge in [0.2, 0.25) is 0 Å². The van der Waals surface area contributed by atoms with E-state index in [-0.39, 0.29) is 5.75 Å². The van der Waals surface area contributed by atoms with Gasteiger partial charge in [0.05, 0.1) is 10.7 Å². The molecule has 0 fully saturated rings. The van der Waals surface area contributed by atoms with Gasteiger partial charge in [0.25, 0.3) is 0 Å². The van der Waals surface area contributed by atoms with Crippen LogP contribution in [-0.4, -0.2) is 10.1 Å². The molecule has 1 heterocycles. The zero-order chi connectivity index (χ0) is 12.3. The lowest BCUT2D eigenvalue weighted by atomic mass is 10.2. The lowest BCUT2D eigenvalue weighted by Gasteiger charge is -2.05. The standard InChI is InChI=1S/C12H11ClN2OS/c13-9-2-1-5-15-12(9)17-7-8-3-4-11(16)10(14)6-8/h1-6,16H,7,14H2. The minimum atomic E-state index is 0.106. The van der Waals surface area contributed by atoms with Crippen molar-refractivity contribution in [2.45, 2.75) is 10.8 Å². The molecular formula is C12H11ClN2OS. The Hall–Kier alpha value is -1.39. The molecule has 0 aliphatic carbocycles. The predicted octanol–water partition coefficient (Wildman–Crippen LogP) is 3.32. The fourth-order valence-corrected chi connectivity index (χ4v) is 2.43. The number of benzene rings is 1. The normalized spacial score (nSPS) is 10.4. The molecule has 1 aromatic carbocycles. The number of thioether (sulfide) groups is 1. The number of aromatic hydroxyl groups is 1. The Balaban J connectivity index is 2.08. The zero-order valence-corrected chi connectivity index (χ0v) is 10.5. The second-order valence-electron chi connectivity index (χ2n) is 3.47. The monoisotopic (exact) mass is 266 g/mol. The molecule has 0 saturated heterocycles. The molecule has 0 bridgehead atoms. The highest BCUT2D eigenvalue weighted by molar-refractivity contribution is 7.98. The first-order valence-corrected chi connectivity index (χ1v) is 6.34. The fraction of sp³-hybridized carbons (Fsp3) is 0.0833. The lowest BCUT2D eigenvalue weighted by Crippen LogP contribution is -1.89. The number of nitrogens with zero attached hydrogens (tertiary/aromatic N) is 1. The number of anilines is 1. The van der Waals surface area contributed by atoms with E-state index < -0.39 is 0 Å². The molecule has 17 heavy (non-hydrogen) atoms. The van der Waals surface area contributed by atoms with Crippen LogP contribution in [0.3, 0.4) is 0 Å². The molecule has 1 aromatic heterocycles. The quantitative estimate of drug-likeness (QED) is 0.508. The van der Waals surface area contributed by atoms with Gasteiger partial charge in [-0.2, -0.15) is 0 Å². The molecule has 3 nitrogen and oxygen atoms in total. The van der Waals surface area contributed by atoms with Crippen LogP contribution in [0.15, 0.2) is 41.6 Å². The van der Waals surface area contributed by atoms with Crippen LogP contribution in [0.1, 0.15) is 5.56 Å². The maximum absolute atomic E-state index is 9.31. The number of phenols is 1. The second kappa shape index (κ2) is 5.29. The van der Waals surface area contributed by atoms with E-state index in [0.717, 1.165) is 10.6 Å². The Morgan fingerprint density at radius 3 is 2.88 bits per heavy atom. The summed E-state index contributed by atoms with van der Waals surface area (Å²) >= 11 is 7.53. The lowest BCUT2D eigenvalue weighted by molar-refractivity contribution is 0.478. The van der Waals surface area contributed by atoms with Gasteiger partial charge in [0.1, 0.15) is 10.8 Å². The number of nitrogens with two attached hydrogens (primary N) is 1. The highest BCUT2D eigenvalue weighted by atomic mass is 35.5. The first kappa shape index (κ1) is 12.1. The summed E-state index contributed by atoms with van der Waals surface area (Å²) in [6, 6.07) is 8.77. The molecule has 2 aromatic rings. The third-order valence-corrected chi connectivity index (χ3v) is 3.69. The first-order valence-electron chi connectivity index (χ1n) is 4.97. The Morgan fingerprint density at radius 1 is 1.35 bits per heavy atom. The average molecular weight is 267 g/mol. The van der Waals surface area contributed by atoms with Gasteiger partial charge in [-0.15, -0.1) is 11.8 Å². The third kappa shape index (κ3) is 3.05. The van der Waals surface area contributed by atoms with Gasteiger partial charge in [0, 0.05) is 11.9 Å². The van der Waals surface area contributed by atoms with Crippen molar-refractivity contribution in [2.24, 2.45) is 0 Å². The van der Waals surface area contributed by atoms with Crippen LogP contribution < -0.4 is 5.73 Å². The van der Waals surface area contributed by atoms with Crippen molar-refractivity contribution in [3.63, 3.8) is 0 Å². The van der Waals surface area contributed by atoms with Gasteiger partial charge in [-0.25, -0.2) is 4.98 Å². The second-order valence-corrected chi connectivity index (χ2v) is 4.84. The SMILES string of the molecule is Nc1cc(CSc2ncccc2Cl)ccc1O. The van der Waals surface area contributed by atoms with E-state index in [2.05, 4.69) is 4.98 Å². The van der Waals surface area contributed by atoms with Crippen molar-refractivity contribution in [1.82, 2.24) is 4.98 Å². The van der Waals surface area contributed by atoms with E-state index in [4.69, 9.17) is 17.3 Å². The van der Waals surface area contributed by atoms with Gasteiger partial charge >= 0.3 is 0 Å². The Kier molecular flexibility index (Phi) is 3.76. The summed E-state index contributed by atoms with van der Waals surface area (Å²) in [7, 11) is 0. The minimum Gasteiger partial charge on any atom is -0.506 e. The molecule has 0 amide bonds. The number of pyridine rings is 1. The molecule has 0 radical (unpaired) electrons. The molecule has 0 aliphatic heterocycles. The van der Waals surface area contributed by atoms with Crippen molar-refractivity contribution in [3.05, 3.63) is 47.1 Å². The molecule has 0 saturated carbocycles. The van der Waals surface area contributed by atoms with E-state index in [1.807, 2.05) is 12.1 Å². The van der Waals surface area contributed by atoms with Gasteiger partial charge in [-0.1, -0.05) is 17.7 Å². The van der Waals surface area contributed by atoms with Crippen molar-refractivity contribution in [3.8, 4) is 5.75 Å².